The highest BCUT2D eigenvalue weighted by Crippen LogP contribution is 2.14. The molecular formula is C14H24N4O. The first-order chi connectivity index (χ1) is 9.15. The summed E-state index contributed by atoms with van der Waals surface area (Å²) in [5.74, 6) is 0.950. The summed E-state index contributed by atoms with van der Waals surface area (Å²) in [6.07, 6.45) is 5.03. The molecule has 1 saturated heterocycles. The molecule has 5 nitrogen and oxygen atoms in total. The topological polar surface area (TPSA) is 50.3 Å². The van der Waals surface area contributed by atoms with Crippen molar-refractivity contribution in [2.45, 2.75) is 45.9 Å². The quantitative estimate of drug-likeness (QED) is 0.895. The van der Waals surface area contributed by atoms with Gasteiger partial charge in [-0.2, -0.15) is 0 Å². The molecular weight excluding hydrogens is 240 g/mol. The van der Waals surface area contributed by atoms with Crippen molar-refractivity contribution in [2.24, 2.45) is 0 Å². The molecule has 0 saturated carbocycles. The molecule has 1 N–H and O–H groups in total. The maximum absolute atomic E-state index is 5.64. The third-order valence-electron chi connectivity index (χ3n) is 3.16. The Balaban J connectivity index is 1.96. The number of hydrogen-bond acceptors (Lipinski definition) is 5. The Morgan fingerprint density at radius 1 is 1.42 bits per heavy atom. The van der Waals surface area contributed by atoms with Crippen molar-refractivity contribution >= 4 is 5.82 Å². The van der Waals surface area contributed by atoms with Crippen LogP contribution in [-0.2, 0) is 11.3 Å². The first-order valence-electron chi connectivity index (χ1n) is 7.06. The van der Waals surface area contributed by atoms with Gasteiger partial charge < -0.3 is 15.0 Å². The van der Waals surface area contributed by atoms with Crippen molar-refractivity contribution in [2.75, 3.05) is 24.6 Å². The highest BCUT2D eigenvalue weighted by molar-refractivity contribution is 5.36. The predicted molar refractivity (Wildman–Crippen MR) is 76.3 cm³/mol. The van der Waals surface area contributed by atoms with Crippen LogP contribution in [0.3, 0.4) is 0 Å². The van der Waals surface area contributed by atoms with Gasteiger partial charge in [0.05, 0.1) is 24.2 Å². The Morgan fingerprint density at radius 2 is 2.26 bits per heavy atom. The zero-order valence-electron chi connectivity index (χ0n) is 12.1. The molecule has 106 valence electrons. The van der Waals surface area contributed by atoms with Crippen molar-refractivity contribution in [3.63, 3.8) is 0 Å². The van der Waals surface area contributed by atoms with Gasteiger partial charge in [0.15, 0.2) is 0 Å². The summed E-state index contributed by atoms with van der Waals surface area (Å²) in [6.45, 7) is 9.83. The van der Waals surface area contributed by atoms with Crippen LogP contribution in [0.1, 0.15) is 32.9 Å². The average Bonchev–Trinajstić information content (AvgIpc) is 2.62. The normalized spacial score (nSPS) is 20.6. The SMILES string of the molecule is CC(C)NCc1cnc(N2CCCOC(C)C2)cn1. The van der Waals surface area contributed by atoms with E-state index >= 15 is 0 Å². The average molecular weight is 264 g/mol. The van der Waals surface area contributed by atoms with Gasteiger partial charge >= 0.3 is 0 Å². The first-order valence-corrected chi connectivity index (χ1v) is 7.06. The van der Waals surface area contributed by atoms with E-state index in [-0.39, 0.29) is 6.10 Å². The molecule has 19 heavy (non-hydrogen) atoms. The lowest BCUT2D eigenvalue weighted by Crippen LogP contribution is -2.31. The fraction of sp³-hybridized carbons (Fsp3) is 0.714. The van der Waals surface area contributed by atoms with Crippen LogP contribution in [0.4, 0.5) is 5.82 Å². The van der Waals surface area contributed by atoms with Crippen molar-refractivity contribution in [1.29, 1.82) is 0 Å². The van der Waals surface area contributed by atoms with Crippen LogP contribution >= 0.6 is 0 Å². The zero-order valence-corrected chi connectivity index (χ0v) is 12.1. The molecule has 1 aromatic heterocycles. The molecule has 1 fully saturated rings. The second-order valence-corrected chi connectivity index (χ2v) is 5.38. The maximum atomic E-state index is 5.64. The standard InChI is InChI=1S/C14H24N4O/c1-11(2)15-7-13-8-17-14(9-16-13)18-5-4-6-19-12(3)10-18/h8-9,11-12,15H,4-7,10H2,1-3H3. The van der Waals surface area contributed by atoms with Crippen LogP contribution in [0, 0.1) is 0 Å². The van der Waals surface area contributed by atoms with Gasteiger partial charge in [-0.15, -0.1) is 0 Å². The van der Waals surface area contributed by atoms with Crippen molar-refractivity contribution < 1.29 is 4.74 Å². The van der Waals surface area contributed by atoms with Crippen LogP contribution < -0.4 is 10.2 Å². The van der Waals surface area contributed by atoms with E-state index in [0.29, 0.717) is 6.04 Å². The number of aromatic nitrogens is 2. The molecule has 2 rings (SSSR count). The lowest BCUT2D eigenvalue weighted by molar-refractivity contribution is 0.0820. The molecule has 1 aliphatic heterocycles. The van der Waals surface area contributed by atoms with E-state index < -0.39 is 0 Å². The first kappa shape index (κ1) is 14.2. The fourth-order valence-corrected chi connectivity index (χ4v) is 2.11. The molecule has 0 bridgehead atoms. The molecule has 0 aliphatic carbocycles. The number of nitrogens with one attached hydrogen (secondary N) is 1. The van der Waals surface area contributed by atoms with Gasteiger partial charge in [-0.1, -0.05) is 13.8 Å². The number of rotatable bonds is 4. The highest BCUT2D eigenvalue weighted by atomic mass is 16.5. The highest BCUT2D eigenvalue weighted by Gasteiger charge is 2.16. The number of hydrogen-bond donors (Lipinski definition) is 1. The number of ether oxygens (including phenoxy) is 1. The van der Waals surface area contributed by atoms with Crippen molar-refractivity contribution in [3.05, 3.63) is 18.1 Å². The summed E-state index contributed by atoms with van der Waals surface area (Å²) < 4.78 is 5.64. The van der Waals surface area contributed by atoms with E-state index in [1.165, 1.54) is 0 Å². The summed E-state index contributed by atoms with van der Waals surface area (Å²) in [5.41, 5.74) is 0.983. The van der Waals surface area contributed by atoms with Gasteiger partial charge in [0.1, 0.15) is 5.82 Å². The van der Waals surface area contributed by atoms with Gasteiger partial charge in [0.25, 0.3) is 0 Å². The molecule has 1 aliphatic rings. The number of anilines is 1. The Kier molecular flexibility index (Phi) is 5.10. The van der Waals surface area contributed by atoms with E-state index in [1.807, 2.05) is 12.4 Å². The van der Waals surface area contributed by atoms with Gasteiger partial charge in [-0.05, 0) is 13.3 Å². The molecule has 0 radical (unpaired) electrons. The lowest BCUT2D eigenvalue weighted by Gasteiger charge is -2.22. The van der Waals surface area contributed by atoms with E-state index in [0.717, 1.165) is 44.2 Å². The van der Waals surface area contributed by atoms with Crippen molar-refractivity contribution in [3.8, 4) is 0 Å². The van der Waals surface area contributed by atoms with Crippen LogP contribution in [-0.4, -0.2) is 41.8 Å². The van der Waals surface area contributed by atoms with Gasteiger partial charge in [-0.3, -0.25) is 4.98 Å². The largest absolute Gasteiger partial charge is 0.377 e. The molecule has 2 heterocycles. The molecule has 1 aromatic rings. The van der Waals surface area contributed by atoms with E-state index in [9.17, 15) is 0 Å². The molecule has 0 aromatic carbocycles. The van der Waals surface area contributed by atoms with Gasteiger partial charge in [-0.25, -0.2) is 4.98 Å². The second-order valence-electron chi connectivity index (χ2n) is 5.38. The summed E-state index contributed by atoms with van der Waals surface area (Å²) in [6, 6.07) is 0.463. The van der Waals surface area contributed by atoms with E-state index in [4.69, 9.17) is 4.74 Å². The molecule has 5 heteroatoms. The van der Waals surface area contributed by atoms with Crippen LogP contribution in [0.25, 0.3) is 0 Å². The Hall–Kier alpha value is -1.20. The van der Waals surface area contributed by atoms with E-state index in [1.54, 1.807) is 0 Å². The van der Waals surface area contributed by atoms with Crippen LogP contribution in [0.15, 0.2) is 12.4 Å². The van der Waals surface area contributed by atoms with Gasteiger partial charge in [0, 0.05) is 32.3 Å². The van der Waals surface area contributed by atoms with Crippen molar-refractivity contribution in [1.82, 2.24) is 15.3 Å². The zero-order chi connectivity index (χ0) is 13.7. The van der Waals surface area contributed by atoms with Gasteiger partial charge in [0.2, 0.25) is 0 Å². The lowest BCUT2D eigenvalue weighted by atomic mass is 10.3. The Labute approximate surface area is 115 Å². The second kappa shape index (κ2) is 6.82. The minimum Gasteiger partial charge on any atom is -0.377 e. The third kappa shape index (κ3) is 4.44. The summed E-state index contributed by atoms with van der Waals surface area (Å²) in [4.78, 5) is 11.3. The van der Waals surface area contributed by atoms with E-state index in [2.05, 4.69) is 41.0 Å². The minimum absolute atomic E-state index is 0.256. The third-order valence-corrected chi connectivity index (χ3v) is 3.16. The predicted octanol–water partition coefficient (Wildman–Crippen LogP) is 1.59. The summed E-state index contributed by atoms with van der Waals surface area (Å²) in [7, 11) is 0. The Bertz CT molecular complexity index is 380. The summed E-state index contributed by atoms with van der Waals surface area (Å²) in [5, 5.41) is 3.34. The molecule has 1 atom stereocenters. The Morgan fingerprint density at radius 3 is 2.95 bits per heavy atom. The smallest absolute Gasteiger partial charge is 0.147 e. The minimum atomic E-state index is 0.256. The molecule has 0 spiro atoms. The van der Waals surface area contributed by atoms with Crippen LogP contribution in [0.2, 0.25) is 0 Å². The maximum Gasteiger partial charge on any atom is 0.147 e. The number of nitrogens with zero attached hydrogens (tertiary/aromatic N) is 3. The monoisotopic (exact) mass is 264 g/mol. The summed E-state index contributed by atoms with van der Waals surface area (Å²) >= 11 is 0. The molecule has 1 unspecified atom stereocenters. The van der Waals surface area contributed by atoms with Crippen LogP contribution in [0.5, 0.6) is 0 Å². The fourth-order valence-electron chi connectivity index (χ4n) is 2.11. The molecule has 0 amide bonds.